The number of hydrogen-bond donors (Lipinski definition) is 0. The number of aromatic nitrogens is 1. The van der Waals surface area contributed by atoms with Crippen molar-refractivity contribution in [1.29, 1.82) is 0 Å². The lowest BCUT2D eigenvalue weighted by Gasteiger charge is -2.26. The number of benzene rings is 2. The Morgan fingerprint density at radius 1 is 1.03 bits per heavy atom. The van der Waals surface area contributed by atoms with Gasteiger partial charge in [-0.15, -0.1) is 0 Å². The van der Waals surface area contributed by atoms with Gasteiger partial charge in [0.15, 0.2) is 12.2 Å². The summed E-state index contributed by atoms with van der Waals surface area (Å²) in [5, 5.41) is 2.62. The lowest BCUT2D eigenvalue weighted by atomic mass is 10.1. The molecule has 0 saturated carbocycles. The van der Waals surface area contributed by atoms with Crippen molar-refractivity contribution < 1.29 is 49.0 Å². The number of nitrogens with zero attached hydrogens (tertiary/aromatic N) is 2. The third-order valence-electron chi connectivity index (χ3n) is 3.78. The van der Waals surface area contributed by atoms with E-state index in [2.05, 4.69) is 14.8 Å². The van der Waals surface area contributed by atoms with Gasteiger partial charge in [-0.1, -0.05) is 41.0 Å². The largest absolute Gasteiger partial charge is 0.422 e. The Morgan fingerprint density at radius 2 is 1.69 bits per heavy atom. The van der Waals surface area contributed by atoms with Crippen molar-refractivity contribution in [1.82, 2.24) is 9.79 Å². The van der Waals surface area contributed by atoms with E-state index in [1.54, 1.807) is 0 Å². The molecule has 3 rings (SSSR count). The number of halogens is 7. The molecule has 0 aliphatic rings. The van der Waals surface area contributed by atoms with Crippen LogP contribution in [0.25, 0.3) is 11.0 Å². The summed E-state index contributed by atoms with van der Waals surface area (Å²) < 4.78 is 109. The van der Waals surface area contributed by atoms with Crippen LogP contribution in [0.2, 0.25) is 5.02 Å². The summed E-state index contributed by atoms with van der Waals surface area (Å²) in [6, 6.07) is 9.40. The molecule has 32 heavy (non-hydrogen) atoms. The summed E-state index contributed by atoms with van der Waals surface area (Å²) in [5.74, 6) is 0. The molecule has 1 heterocycles. The predicted molar refractivity (Wildman–Crippen MR) is 96.4 cm³/mol. The molecule has 15 heteroatoms. The Morgan fingerprint density at radius 3 is 2.28 bits per heavy atom. The minimum atomic E-state index is -5.37. The summed E-state index contributed by atoms with van der Waals surface area (Å²) in [6.45, 7) is -2.26. The van der Waals surface area contributed by atoms with Crippen LogP contribution in [0.3, 0.4) is 0 Å². The molecule has 0 fully saturated rings. The molecule has 3 aromatic rings. The van der Waals surface area contributed by atoms with Crippen molar-refractivity contribution in [3.8, 4) is 0 Å². The van der Waals surface area contributed by atoms with E-state index >= 15 is 0 Å². The maximum absolute atomic E-state index is 13.8. The van der Waals surface area contributed by atoms with Gasteiger partial charge >= 0.3 is 12.4 Å². The van der Waals surface area contributed by atoms with E-state index < -0.39 is 50.3 Å². The Kier molecular flexibility index (Phi) is 6.72. The maximum Gasteiger partial charge on any atom is 0.422 e. The fourth-order valence-corrected chi connectivity index (χ4v) is 3.79. The molecule has 2 aromatic carbocycles. The monoisotopic (exact) mass is 504 g/mol. The van der Waals surface area contributed by atoms with Crippen molar-refractivity contribution in [2.75, 3.05) is 6.61 Å². The highest BCUT2D eigenvalue weighted by molar-refractivity contribution is 7.88. The average Bonchev–Trinajstić information content (AvgIpc) is 3.12. The fourth-order valence-electron chi connectivity index (χ4n) is 2.46. The molecule has 7 nitrogen and oxygen atoms in total. The van der Waals surface area contributed by atoms with Crippen LogP contribution in [0.1, 0.15) is 11.8 Å². The molecule has 0 N–H and O–H groups in total. The Balaban J connectivity index is 2.08. The molecule has 0 radical (unpaired) electrons. The standard InChI is InChI=1S/C17H11ClF6N2O5S/c18-11-7-4-8-12-13(11)14(25-30-12)15(17(22,23)24)31-26(29-9-16(19,20)21)32(27,28)10-5-2-1-3-6-10/h1-8,15H,9H2. The first-order valence-electron chi connectivity index (χ1n) is 8.38. The van der Waals surface area contributed by atoms with Gasteiger partial charge in [-0.3, -0.25) is 4.84 Å². The second-order valence-electron chi connectivity index (χ2n) is 6.11. The van der Waals surface area contributed by atoms with Gasteiger partial charge in [-0.25, -0.2) is 13.3 Å². The van der Waals surface area contributed by atoms with E-state index in [0.717, 1.165) is 12.1 Å². The van der Waals surface area contributed by atoms with Crippen LogP contribution >= 0.6 is 11.6 Å². The normalized spacial score (nSPS) is 14.2. The van der Waals surface area contributed by atoms with Crippen LogP contribution in [0.4, 0.5) is 26.3 Å². The number of sulfonamides is 1. The molecular weight excluding hydrogens is 494 g/mol. The maximum atomic E-state index is 13.8. The van der Waals surface area contributed by atoms with Crippen LogP contribution in [0.15, 0.2) is 57.9 Å². The van der Waals surface area contributed by atoms with Crippen LogP contribution in [-0.4, -0.2) is 37.2 Å². The first-order valence-corrected chi connectivity index (χ1v) is 10.2. The Hall–Kier alpha value is -2.39. The minimum Gasteiger partial charge on any atom is -0.356 e. The van der Waals surface area contributed by atoms with Crippen LogP contribution in [0, 0.1) is 0 Å². The number of alkyl halides is 6. The highest BCUT2D eigenvalue weighted by atomic mass is 35.5. The van der Waals surface area contributed by atoms with Gasteiger partial charge in [-0.2, -0.15) is 26.3 Å². The third-order valence-corrected chi connectivity index (χ3v) is 5.55. The molecule has 0 bridgehead atoms. The minimum absolute atomic E-state index is 0.195. The molecule has 1 unspecified atom stereocenters. The van der Waals surface area contributed by atoms with Gasteiger partial charge in [0.2, 0.25) is 6.10 Å². The van der Waals surface area contributed by atoms with Crippen LogP contribution in [0.5, 0.6) is 0 Å². The second kappa shape index (κ2) is 8.86. The molecule has 0 amide bonds. The van der Waals surface area contributed by atoms with Crippen LogP contribution in [-0.2, 0) is 19.7 Å². The molecule has 1 aromatic heterocycles. The summed E-state index contributed by atoms with van der Waals surface area (Å²) in [4.78, 5) is 7.86. The van der Waals surface area contributed by atoms with Crippen molar-refractivity contribution >= 4 is 32.6 Å². The van der Waals surface area contributed by atoms with Crippen LogP contribution < -0.4 is 0 Å². The van der Waals surface area contributed by atoms with Gasteiger partial charge in [0.05, 0.1) is 19.9 Å². The first kappa shape index (κ1) is 24.3. The van der Waals surface area contributed by atoms with E-state index in [1.165, 1.54) is 36.4 Å². The summed E-state index contributed by atoms with van der Waals surface area (Å²) in [6.07, 6.45) is -13.7. The zero-order valence-corrected chi connectivity index (χ0v) is 17.0. The SMILES string of the molecule is O=S(=O)(c1ccccc1)N(OCC(F)(F)F)OC(c1noc2cccc(Cl)c12)C(F)(F)F. The highest BCUT2D eigenvalue weighted by Crippen LogP contribution is 2.42. The lowest BCUT2D eigenvalue weighted by Crippen LogP contribution is -2.39. The van der Waals surface area contributed by atoms with Crippen molar-refractivity contribution in [3.63, 3.8) is 0 Å². The Bertz CT molecular complexity index is 1180. The van der Waals surface area contributed by atoms with E-state index in [9.17, 15) is 34.8 Å². The third kappa shape index (κ3) is 5.32. The fraction of sp³-hybridized carbons (Fsp3) is 0.235. The summed E-state index contributed by atoms with van der Waals surface area (Å²) >= 11 is 5.91. The summed E-state index contributed by atoms with van der Waals surface area (Å²) in [5.41, 5.74) is -1.21. The molecular formula is C17H11ClF6N2O5S. The number of fused-ring (bicyclic) bond motifs is 1. The smallest absolute Gasteiger partial charge is 0.356 e. The van der Waals surface area contributed by atoms with Gasteiger partial charge < -0.3 is 4.52 Å². The Labute approximate surface area is 181 Å². The predicted octanol–water partition coefficient (Wildman–Crippen LogP) is 5.20. The van der Waals surface area contributed by atoms with Crippen molar-refractivity contribution in [3.05, 3.63) is 59.2 Å². The molecule has 1 atom stereocenters. The quantitative estimate of drug-likeness (QED) is 0.325. The highest BCUT2D eigenvalue weighted by Gasteiger charge is 2.49. The number of rotatable bonds is 7. The average molecular weight is 505 g/mol. The van der Waals surface area contributed by atoms with E-state index in [1.807, 2.05) is 0 Å². The molecule has 0 saturated heterocycles. The topological polar surface area (TPSA) is 81.9 Å². The van der Waals surface area contributed by atoms with Gasteiger partial charge in [0.1, 0.15) is 5.69 Å². The second-order valence-corrected chi connectivity index (χ2v) is 8.24. The molecule has 0 aliphatic heterocycles. The molecule has 0 spiro atoms. The summed E-state index contributed by atoms with van der Waals surface area (Å²) in [7, 11) is -5.14. The zero-order valence-electron chi connectivity index (χ0n) is 15.4. The van der Waals surface area contributed by atoms with Gasteiger partial charge in [0.25, 0.3) is 10.0 Å². The zero-order chi connectivity index (χ0) is 23.7. The van der Waals surface area contributed by atoms with Gasteiger partial charge in [-0.05, 0) is 24.3 Å². The molecule has 0 aliphatic carbocycles. The van der Waals surface area contributed by atoms with E-state index in [4.69, 9.17) is 16.1 Å². The lowest BCUT2D eigenvalue weighted by molar-refractivity contribution is -0.386. The van der Waals surface area contributed by atoms with Gasteiger partial charge in [0, 0.05) is 0 Å². The van der Waals surface area contributed by atoms with Crippen molar-refractivity contribution in [2.24, 2.45) is 0 Å². The molecule has 174 valence electrons. The van der Waals surface area contributed by atoms with Crippen molar-refractivity contribution in [2.45, 2.75) is 23.4 Å². The van der Waals surface area contributed by atoms with E-state index in [-0.39, 0.29) is 16.0 Å². The van der Waals surface area contributed by atoms with E-state index in [0.29, 0.717) is 0 Å². The number of hydrogen-bond acceptors (Lipinski definition) is 6. The first-order chi connectivity index (χ1) is 14.8.